The van der Waals surface area contributed by atoms with Gasteiger partial charge in [0, 0.05) is 18.7 Å². The predicted molar refractivity (Wildman–Crippen MR) is 95.6 cm³/mol. The second-order valence-electron chi connectivity index (χ2n) is 6.43. The van der Waals surface area contributed by atoms with Crippen molar-refractivity contribution in [1.29, 1.82) is 0 Å². The molecule has 0 radical (unpaired) electrons. The SMILES string of the molecule is Cc1oc(-c2ccccc2)nc1COC(=O)C1CCN(S(C)(=O)=O)CC1. The number of carbonyl (C=O) groups excluding carboxylic acids is 1. The van der Waals surface area contributed by atoms with Crippen LogP contribution in [-0.2, 0) is 26.2 Å². The number of piperidine rings is 1. The van der Waals surface area contributed by atoms with Crippen LogP contribution >= 0.6 is 0 Å². The maximum absolute atomic E-state index is 12.3. The molecule has 1 saturated heterocycles. The van der Waals surface area contributed by atoms with E-state index in [1.165, 1.54) is 10.6 Å². The number of aryl methyl sites for hydroxylation is 1. The summed E-state index contributed by atoms with van der Waals surface area (Å²) in [5, 5.41) is 0. The van der Waals surface area contributed by atoms with Gasteiger partial charge in [-0.25, -0.2) is 17.7 Å². The number of oxazole rings is 1. The molecular formula is C18H22N2O5S. The molecular weight excluding hydrogens is 356 g/mol. The van der Waals surface area contributed by atoms with Crippen LogP contribution in [-0.4, -0.2) is 43.0 Å². The zero-order valence-electron chi connectivity index (χ0n) is 14.8. The Labute approximate surface area is 153 Å². The van der Waals surface area contributed by atoms with E-state index in [1.54, 1.807) is 6.92 Å². The van der Waals surface area contributed by atoms with E-state index in [0.29, 0.717) is 43.3 Å². The second kappa shape index (κ2) is 7.59. The molecule has 1 aliphatic rings. The maximum atomic E-state index is 12.3. The lowest BCUT2D eigenvalue weighted by Crippen LogP contribution is -2.40. The number of sulfonamides is 1. The number of benzene rings is 1. The van der Waals surface area contributed by atoms with Crippen LogP contribution in [0.5, 0.6) is 0 Å². The molecule has 2 aromatic rings. The van der Waals surface area contributed by atoms with Crippen molar-refractivity contribution in [2.75, 3.05) is 19.3 Å². The number of esters is 1. The average Bonchev–Trinajstić information content (AvgIpc) is 3.00. The van der Waals surface area contributed by atoms with E-state index < -0.39 is 10.0 Å². The van der Waals surface area contributed by atoms with E-state index in [1.807, 2.05) is 30.3 Å². The van der Waals surface area contributed by atoms with Crippen LogP contribution in [0.2, 0.25) is 0 Å². The summed E-state index contributed by atoms with van der Waals surface area (Å²) in [4.78, 5) is 16.7. The third kappa shape index (κ3) is 4.31. The van der Waals surface area contributed by atoms with Gasteiger partial charge in [-0.2, -0.15) is 0 Å². The molecule has 1 fully saturated rings. The molecule has 140 valence electrons. The number of hydrogen-bond donors (Lipinski definition) is 0. The fourth-order valence-electron chi connectivity index (χ4n) is 2.95. The molecule has 0 atom stereocenters. The van der Waals surface area contributed by atoms with Gasteiger partial charge in [-0.3, -0.25) is 4.79 Å². The van der Waals surface area contributed by atoms with Gasteiger partial charge in [-0.15, -0.1) is 0 Å². The molecule has 8 heteroatoms. The Bertz CT molecular complexity index is 868. The van der Waals surface area contributed by atoms with Crippen LogP contribution in [0.4, 0.5) is 0 Å². The van der Waals surface area contributed by atoms with Crippen molar-refractivity contribution in [2.24, 2.45) is 5.92 Å². The van der Waals surface area contributed by atoms with Crippen molar-refractivity contribution in [2.45, 2.75) is 26.4 Å². The highest BCUT2D eigenvalue weighted by Crippen LogP contribution is 2.24. The standard InChI is InChI=1S/C18H22N2O5S/c1-13-16(19-17(25-13)14-6-4-3-5-7-14)12-24-18(21)15-8-10-20(11-9-15)26(2,22)23/h3-7,15H,8-12H2,1-2H3. The van der Waals surface area contributed by atoms with E-state index in [4.69, 9.17) is 9.15 Å². The number of hydrogen-bond acceptors (Lipinski definition) is 6. The third-order valence-corrected chi connectivity index (χ3v) is 5.82. The van der Waals surface area contributed by atoms with E-state index in [9.17, 15) is 13.2 Å². The topological polar surface area (TPSA) is 89.7 Å². The molecule has 7 nitrogen and oxygen atoms in total. The zero-order valence-corrected chi connectivity index (χ0v) is 15.7. The lowest BCUT2D eigenvalue weighted by molar-refractivity contribution is -0.151. The fourth-order valence-corrected chi connectivity index (χ4v) is 3.82. The molecule has 1 aliphatic heterocycles. The summed E-state index contributed by atoms with van der Waals surface area (Å²) < 4.78 is 35.5. The first-order valence-corrected chi connectivity index (χ1v) is 10.3. The molecule has 1 aromatic heterocycles. The Morgan fingerprint density at radius 1 is 1.27 bits per heavy atom. The van der Waals surface area contributed by atoms with E-state index in [2.05, 4.69) is 4.98 Å². The quantitative estimate of drug-likeness (QED) is 0.742. The molecule has 0 N–H and O–H groups in total. The van der Waals surface area contributed by atoms with Gasteiger partial charge >= 0.3 is 5.97 Å². The van der Waals surface area contributed by atoms with Gasteiger partial charge in [-0.05, 0) is 31.9 Å². The lowest BCUT2D eigenvalue weighted by atomic mass is 9.98. The van der Waals surface area contributed by atoms with Crippen LogP contribution in [0.25, 0.3) is 11.5 Å². The Hall–Kier alpha value is -2.19. The molecule has 0 unspecified atom stereocenters. The summed E-state index contributed by atoms with van der Waals surface area (Å²) in [6, 6.07) is 9.51. The van der Waals surface area contributed by atoms with Gasteiger partial charge < -0.3 is 9.15 Å². The predicted octanol–water partition coefficient (Wildman–Crippen LogP) is 2.36. The first-order valence-electron chi connectivity index (χ1n) is 8.48. The molecule has 0 bridgehead atoms. The summed E-state index contributed by atoms with van der Waals surface area (Å²) in [6.07, 6.45) is 2.13. The molecule has 0 aliphatic carbocycles. The highest BCUT2D eigenvalue weighted by Gasteiger charge is 2.30. The third-order valence-electron chi connectivity index (χ3n) is 4.52. The van der Waals surface area contributed by atoms with E-state index in [-0.39, 0.29) is 18.5 Å². The highest BCUT2D eigenvalue weighted by atomic mass is 32.2. The molecule has 0 amide bonds. The number of aromatic nitrogens is 1. The first-order chi connectivity index (χ1) is 12.3. The van der Waals surface area contributed by atoms with E-state index >= 15 is 0 Å². The zero-order chi connectivity index (χ0) is 18.7. The monoisotopic (exact) mass is 378 g/mol. The second-order valence-corrected chi connectivity index (χ2v) is 8.41. The Morgan fingerprint density at radius 3 is 2.54 bits per heavy atom. The number of carbonyl (C=O) groups is 1. The van der Waals surface area contributed by atoms with Crippen LogP contribution in [0.3, 0.4) is 0 Å². The molecule has 2 heterocycles. The summed E-state index contributed by atoms with van der Waals surface area (Å²) >= 11 is 0. The van der Waals surface area contributed by atoms with Crippen LogP contribution in [0.1, 0.15) is 24.3 Å². The molecule has 0 spiro atoms. The maximum Gasteiger partial charge on any atom is 0.309 e. The van der Waals surface area contributed by atoms with Crippen molar-refractivity contribution in [3.8, 4) is 11.5 Å². The lowest BCUT2D eigenvalue weighted by Gasteiger charge is -2.28. The van der Waals surface area contributed by atoms with Crippen LogP contribution in [0.15, 0.2) is 34.7 Å². The van der Waals surface area contributed by atoms with Crippen molar-refractivity contribution >= 4 is 16.0 Å². The largest absolute Gasteiger partial charge is 0.459 e. The minimum atomic E-state index is -3.20. The van der Waals surface area contributed by atoms with Crippen molar-refractivity contribution in [3.05, 3.63) is 41.8 Å². The van der Waals surface area contributed by atoms with E-state index in [0.717, 1.165) is 5.56 Å². The van der Waals surface area contributed by atoms with Gasteiger partial charge in [0.25, 0.3) is 0 Å². The number of rotatable bonds is 5. The fraction of sp³-hybridized carbons (Fsp3) is 0.444. The summed E-state index contributed by atoms with van der Waals surface area (Å²) in [6.45, 7) is 2.53. The number of nitrogens with zero attached hydrogens (tertiary/aromatic N) is 2. The van der Waals surface area contributed by atoms with Crippen molar-refractivity contribution < 1.29 is 22.4 Å². The molecule has 1 aromatic carbocycles. The van der Waals surface area contributed by atoms with Gasteiger partial charge in [0.2, 0.25) is 15.9 Å². The first kappa shape index (κ1) is 18.6. The van der Waals surface area contributed by atoms with Gasteiger partial charge in [0.1, 0.15) is 18.1 Å². The minimum absolute atomic E-state index is 0.0489. The average molecular weight is 378 g/mol. The van der Waals surface area contributed by atoms with Crippen LogP contribution in [0, 0.1) is 12.8 Å². The molecule has 26 heavy (non-hydrogen) atoms. The van der Waals surface area contributed by atoms with Crippen molar-refractivity contribution in [1.82, 2.24) is 9.29 Å². The molecule has 3 rings (SSSR count). The minimum Gasteiger partial charge on any atom is -0.459 e. The summed E-state index contributed by atoms with van der Waals surface area (Å²) in [7, 11) is -3.20. The highest BCUT2D eigenvalue weighted by molar-refractivity contribution is 7.88. The Morgan fingerprint density at radius 2 is 1.92 bits per heavy atom. The summed E-state index contributed by atoms with van der Waals surface area (Å²) in [5.41, 5.74) is 1.45. The molecule has 0 saturated carbocycles. The smallest absolute Gasteiger partial charge is 0.309 e. The van der Waals surface area contributed by atoms with Crippen LogP contribution < -0.4 is 0 Å². The Kier molecular flexibility index (Phi) is 5.43. The number of ether oxygens (including phenoxy) is 1. The normalized spacial score (nSPS) is 16.5. The summed E-state index contributed by atoms with van der Waals surface area (Å²) in [5.74, 6) is 0.509. The Balaban J connectivity index is 1.56. The van der Waals surface area contributed by atoms with Gasteiger partial charge in [-0.1, -0.05) is 18.2 Å². The van der Waals surface area contributed by atoms with Crippen molar-refractivity contribution in [3.63, 3.8) is 0 Å². The van der Waals surface area contributed by atoms with Gasteiger partial charge in [0.05, 0.1) is 12.2 Å². The van der Waals surface area contributed by atoms with Gasteiger partial charge in [0.15, 0.2) is 0 Å².